The quantitative estimate of drug-likeness (QED) is 0.830. The minimum absolute atomic E-state index is 0.279. The molecule has 17 heavy (non-hydrogen) atoms. The van der Waals surface area contributed by atoms with Crippen LogP contribution in [0.4, 0.5) is 4.39 Å². The lowest BCUT2D eigenvalue weighted by molar-refractivity contribution is -0.120. The molecule has 2 aliphatic rings. The number of fused-ring (bicyclic) bond motifs is 1. The van der Waals surface area contributed by atoms with Crippen molar-refractivity contribution in [1.82, 2.24) is 0 Å². The van der Waals surface area contributed by atoms with Gasteiger partial charge in [0.25, 0.3) is 0 Å². The Bertz CT molecular complexity index is 441. The molecule has 0 amide bonds. The van der Waals surface area contributed by atoms with Crippen molar-refractivity contribution in [1.29, 1.82) is 0 Å². The van der Waals surface area contributed by atoms with E-state index < -0.39 is 0 Å². The van der Waals surface area contributed by atoms with E-state index in [-0.39, 0.29) is 11.7 Å². The topological polar surface area (TPSA) is 17.1 Å². The zero-order valence-corrected chi connectivity index (χ0v) is 11.0. The van der Waals surface area contributed by atoms with E-state index in [2.05, 4.69) is 15.9 Å². The number of hydrogen-bond acceptors (Lipinski definition) is 1. The largest absolute Gasteiger partial charge is 0.299 e. The fourth-order valence-corrected chi connectivity index (χ4v) is 3.84. The average Bonchev–Trinajstić information content (AvgIpc) is 2.72. The Labute approximate surface area is 109 Å². The summed E-state index contributed by atoms with van der Waals surface area (Å²) in [6.07, 6.45) is 4.10. The van der Waals surface area contributed by atoms with E-state index >= 15 is 0 Å². The number of hydrogen-bond donors (Lipinski definition) is 0. The molecule has 3 heteroatoms. The molecule has 0 radical (unpaired) electrons. The molecule has 0 aromatic heterocycles. The summed E-state index contributed by atoms with van der Waals surface area (Å²) in [5.74, 6) is 1.61. The van der Waals surface area contributed by atoms with Gasteiger partial charge in [0.1, 0.15) is 11.6 Å². The van der Waals surface area contributed by atoms with Gasteiger partial charge < -0.3 is 0 Å². The molecule has 0 aliphatic heterocycles. The first-order chi connectivity index (χ1) is 8.15. The molecule has 0 saturated heterocycles. The molecule has 0 spiro atoms. The number of carbonyl (C=O) groups is 1. The molecule has 2 saturated carbocycles. The lowest BCUT2D eigenvalue weighted by Gasteiger charge is -2.04. The molecule has 0 heterocycles. The van der Waals surface area contributed by atoms with Gasteiger partial charge in [-0.2, -0.15) is 0 Å². The number of halogens is 2. The number of ketones is 1. The van der Waals surface area contributed by atoms with E-state index in [1.165, 1.54) is 31.4 Å². The summed E-state index contributed by atoms with van der Waals surface area (Å²) < 4.78 is 13.9. The molecular weight excluding hydrogens is 283 g/mol. The van der Waals surface area contributed by atoms with Crippen LogP contribution in [-0.2, 0) is 11.2 Å². The molecule has 1 aromatic carbocycles. The predicted molar refractivity (Wildman–Crippen MR) is 67.1 cm³/mol. The highest BCUT2D eigenvalue weighted by Gasteiger charge is 2.55. The summed E-state index contributed by atoms with van der Waals surface area (Å²) in [5.41, 5.74) is 0.784. The summed E-state index contributed by atoms with van der Waals surface area (Å²) in [6.45, 7) is 0. The Balaban J connectivity index is 1.68. The van der Waals surface area contributed by atoms with E-state index in [0.29, 0.717) is 28.5 Å². The van der Waals surface area contributed by atoms with Crippen LogP contribution in [0.25, 0.3) is 0 Å². The van der Waals surface area contributed by atoms with Crippen LogP contribution < -0.4 is 0 Å². The predicted octanol–water partition coefficient (Wildman–Crippen LogP) is 3.75. The Hall–Kier alpha value is -0.700. The lowest BCUT2D eigenvalue weighted by Crippen LogP contribution is -2.09. The first kappa shape index (κ1) is 11.4. The van der Waals surface area contributed by atoms with E-state index in [1.807, 2.05) is 6.07 Å². The molecule has 0 N–H and O–H groups in total. The van der Waals surface area contributed by atoms with Gasteiger partial charge in [-0.05, 0) is 48.4 Å². The van der Waals surface area contributed by atoms with Crippen LogP contribution in [0.2, 0.25) is 0 Å². The zero-order chi connectivity index (χ0) is 12.0. The maximum atomic E-state index is 13.2. The summed E-state index contributed by atoms with van der Waals surface area (Å²) in [7, 11) is 0. The second kappa shape index (κ2) is 4.20. The highest BCUT2D eigenvalue weighted by molar-refractivity contribution is 9.10. The van der Waals surface area contributed by atoms with E-state index in [9.17, 15) is 9.18 Å². The number of benzene rings is 1. The van der Waals surface area contributed by atoms with Gasteiger partial charge in [0.05, 0.1) is 0 Å². The third-order valence-electron chi connectivity index (χ3n) is 4.08. The highest BCUT2D eigenvalue weighted by atomic mass is 79.9. The van der Waals surface area contributed by atoms with Crippen LogP contribution >= 0.6 is 15.9 Å². The summed E-state index contributed by atoms with van der Waals surface area (Å²) in [6, 6.07) is 4.71. The van der Waals surface area contributed by atoms with Crippen molar-refractivity contribution >= 4 is 21.7 Å². The SMILES string of the molecule is O=C(Cc1cc(F)cc(Br)c1)C1C2CCCC21. The first-order valence-corrected chi connectivity index (χ1v) is 6.92. The van der Waals surface area contributed by atoms with Crippen LogP contribution in [0, 0.1) is 23.6 Å². The van der Waals surface area contributed by atoms with E-state index in [4.69, 9.17) is 0 Å². The third kappa shape index (κ3) is 2.17. The Morgan fingerprint density at radius 2 is 2.00 bits per heavy atom. The van der Waals surface area contributed by atoms with Crippen molar-refractivity contribution in [3.63, 3.8) is 0 Å². The van der Waals surface area contributed by atoms with Gasteiger partial charge >= 0.3 is 0 Å². The van der Waals surface area contributed by atoms with Crippen molar-refractivity contribution in [2.45, 2.75) is 25.7 Å². The highest BCUT2D eigenvalue weighted by Crippen LogP contribution is 2.58. The summed E-state index contributed by atoms with van der Waals surface area (Å²) in [4.78, 5) is 12.1. The van der Waals surface area contributed by atoms with Crippen LogP contribution in [0.15, 0.2) is 22.7 Å². The third-order valence-corrected chi connectivity index (χ3v) is 4.54. The molecule has 90 valence electrons. The van der Waals surface area contributed by atoms with Gasteiger partial charge in [0.15, 0.2) is 0 Å². The Morgan fingerprint density at radius 3 is 2.65 bits per heavy atom. The van der Waals surface area contributed by atoms with Crippen LogP contribution in [0.3, 0.4) is 0 Å². The minimum atomic E-state index is -0.279. The zero-order valence-electron chi connectivity index (χ0n) is 9.46. The molecule has 1 nitrogen and oxygen atoms in total. The summed E-state index contributed by atoms with van der Waals surface area (Å²) >= 11 is 3.25. The van der Waals surface area contributed by atoms with Gasteiger partial charge in [-0.1, -0.05) is 22.4 Å². The fraction of sp³-hybridized carbons (Fsp3) is 0.500. The Morgan fingerprint density at radius 1 is 1.29 bits per heavy atom. The molecule has 2 atom stereocenters. The van der Waals surface area contributed by atoms with Crippen molar-refractivity contribution < 1.29 is 9.18 Å². The molecule has 2 aliphatic carbocycles. The van der Waals surface area contributed by atoms with Gasteiger partial charge in [-0.15, -0.1) is 0 Å². The number of carbonyl (C=O) groups excluding carboxylic acids is 1. The maximum absolute atomic E-state index is 13.2. The number of Topliss-reactive ketones (excluding diaryl/α,β-unsaturated/α-hetero) is 1. The molecule has 2 fully saturated rings. The van der Waals surface area contributed by atoms with E-state index in [1.54, 1.807) is 0 Å². The standard InChI is InChI=1S/C14H14BrFO/c15-9-4-8(5-10(16)7-9)6-13(17)14-11-2-1-3-12(11)14/h4-5,7,11-12,14H,1-3,6H2. The van der Waals surface area contributed by atoms with Crippen molar-refractivity contribution in [3.05, 3.63) is 34.1 Å². The van der Waals surface area contributed by atoms with Gasteiger partial charge in [0, 0.05) is 16.8 Å². The summed E-state index contributed by atoms with van der Waals surface area (Å²) in [5, 5.41) is 0. The first-order valence-electron chi connectivity index (χ1n) is 6.13. The van der Waals surface area contributed by atoms with Gasteiger partial charge in [-0.25, -0.2) is 4.39 Å². The maximum Gasteiger partial charge on any atom is 0.140 e. The molecule has 0 bridgehead atoms. The van der Waals surface area contributed by atoms with Crippen molar-refractivity contribution in [2.24, 2.45) is 17.8 Å². The molecular formula is C14H14BrFO. The minimum Gasteiger partial charge on any atom is -0.299 e. The normalized spacial score (nSPS) is 30.1. The van der Waals surface area contributed by atoms with E-state index in [0.717, 1.165) is 5.56 Å². The second-order valence-corrected chi connectivity index (χ2v) is 6.12. The second-order valence-electron chi connectivity index (χ2n) is 5.21. The fourth-order valence-electron chi connectivity index (χ4n) is 3.33. The Kier molecular flexibility index (Phi) is 2.81. The van der Waals surface area contributed by atoms with Crippen LogP contribution in [0.1, 0.15) is 24.8 Å². The van der Waals surface area contributed by atoms with Crippen LogP contribution in [-0.4, -0.2) is 5.78 Å². The molecule has 2 unspecified atom stereocenters. The van der Waals surface area contributed by atoms with Gasteiger partial charge in [-0.3, -0.25) is 4.79 Å². The lowest BCUT2D eigenvalue weighted by atomic mass is 10.0. The van der Waals surface area contributed by atoms with Crippen molar-refractivity contribution in [3.8, 4) is 0 Å². The smallest absolute Gasteiger partial charge is 0.140 e. The monoisotopic (exact) mass is 296 g/mol. The number of rotatable bonds is 3. The average molecular weight is 297 g/mol. The molecule has 3 rings (SSSR count). The van der Waals surface area contributed by atoms with Crippen LogP contribution in [0.5, 0.6) is 0 Å². The molecule has 1 aromatic rings. The van der Waals surface area contributed by atoms with Crippen molar-refractivity contribution in [2.75, 3.05) is 0 Å². The van der Waals surface area contributed by atoms with Gasteiger partial charge in [0.2, 0.25) is 0 Å².